The largest absolute Gasteiger partial charge is 0.497 e. The number of guanidine groups is 1. The minimum Gasteiger partial charge on any atom is -0.497 e. The molecule has 0 spiro atoms. The number of ether oxygens (including phenoxy) is 2. The molecule has 154 valence electrons. The highest BCUT2D eigenvalue weighted by atomic mass is 16.5. The van der Waals surface area contributed by atoms with Gasteiger partial charge in [0.05, 0.1) is 20.3 Å². The number of rotatable bonds is 8. The Morgan fingerprint density at radius 1 is 1.17 bits per heavy atom. The third kappa shape index (κ3) is 4.96. The van der Waals surface area contributed by atoms with Gasteiger partial charge in [0, 0.05) is 31.3 Å². The fourth-order valence-corrected chi connectivity index (χ4v) is 3.11. The van der Waals surface area contributed by atoms with Gasteiger partial charge in [-0.05, 0) is 44.2 Å². The molecule has 29 heavy (non-hydrogen) atoms. The summed E-state index contributed by atoms with van der Waals surface area (Å²) in [6, 6.07) is 11.6. The summed E-state index contributed by atoms with van der Waals surface area (Å²) >= 11 is 0. The van der Waals surface area contributed by atoms with Crippen molar-refractivity contribution in [2.45, 2.75) is 26.3 Å². The minimum atomic E-state index is -0.0215. The number of aromatic nitrogens is 3. The fourth-order valence-electron chi connectivity index (χ4n) is 3.11. The Morgan fingerprint density at radius 2 is 2.03 bits per heavy atom. The molecule has 3 rings (SSSR count). The van der Waals surface area contributed by atoms with Gasteiger partial charge in [-0.25, -0.2) is 0 Å². The van der Waals surface area contributed by atoms with Crippen LogP contribution in [-0.2, 0) is 6.42 Å². The van der Waals surface area contributed by atoms with E-state index < -0.39 is 0 Å². The molecule has 8 nitrogen and oxygen atoms in total. The molecule has 1 unspecified atom stereocenters. The Labute approximate surface area is 171 Å². The first-order chi connectivity index (χ1) is 14.2. The van der Waals surface area contributed by atoms with Crippen LogP contribution in [0.4, 0.5) is 0 Å². The summed E-state index contributed by atoms with van der Waals surface area (Å²) in [5, 5.41) is 15.2. The van der Waals surface area contributed by atoms with E-state index in [1.807, 2.05) is 53.9 Å². The predicted molar refractivity (Wildman–Crippen MR) is 114 cm³/mol. The average molecular weight is 396 g/mol. The number of benzene rings is 1. The van der Waals surface area contributed by atoms with Gasteiger partial charge in [0.15, 0.2) is 11.6 Å². The number of nitrogens with one attached hydrogen (secondary N) is 2. The molecule has 0 aliphatic carbocycles. The van der Waals surface area contributed by atoms with Crippen molar-refractivity contribution in [3.05, 3.63) is 54.0 Å². The van der Waals surface area contributed by atoms with Crippen LogP contribution in [0.2, 0.25) is 0 Å². The van der Waals surface area contributed by atoms with Gasteiger partial charge >= 0.3 is 0 Å². The third-order valence-corrected chi connectivity index (χ3v) is 4.59. The number of aliphatic imine (C=N–C) groups is 1. The zero-order valence-electron chi connectivity index (χ0n) is 17.3. The zero-order valence-corrected chi connectivity index (χ0v) is 17.3. The van der Waals surface area contributed by atoms with E-state index in [1.54, 1.807) is 14.2 Å². The predicted octanol–water partition coefficient (Wildman–Crippen LogP) is 2.61. The molecule has 0 fully saturated rings. The number of pyridine rings is 1. The molecule has 2 heterocycles. The van der Waals surface area contributed by atoms with Gasteiger partial charge in [0.2, 0.25) is 0 Å². The van der Waals surface area contributed by atoms with Gasteiger partial charge in [-0.2, -0.15) is 0 Å². The summed E-state index contributed by atoms with van der Waals surface area (Å²) < 4.78 is 12.8. The summed E-state index contributed by atoms with van der Waals surface area (Å²) in [4.78, 5) is 4.70. The van der Waals surface area contributed by atoms with E-state index in [-0.39, 0.29) is 6.04 Å². The Morgan fingerprint density at radius 3 is 2.79 bits per heavy atom. The molecule has 0 bridgehead atoms. The number of methoxy groups -OCH3 is 2. The molecule has 3 aromatic rings. The summed E-state index contributed by atoms with van der Waals surface area (Å²) in [5.41, 5.74) is 1.84. The maximum absolute atomic E-state index is 5.50. The van der Waals surface area contributed by atoms with Crippen molar-refractivity contribution in [2.24, 2.45) is 4.99 Å². The second-order valence-corrected chi connectivity index (χ2v) is 6.53. The maximum atomic E-state index is 5.50. The van der Waals surface area contributed by atoms with Gasteiger partial charge in [-0.15, -0.1) is 10.2 Å². The van der Waals surface area contributed by atoms with Crippen LogP contribution in [0, 0.1) is 0 Å². The van der Waals surface area contributed by atoms with Gasteiger partial charge in [-0.1, -0.05) is 6.07 Å². The Kier molecular flexibility index (Phi) is 6.89. The molecule has 0 radical (unpaired) electrons. The second-order valence-electron chi connectivity index (χ2n) is 6.53. The zero-order chi connectivity index (χ0) is 20.6. The quantitative estimate of drug-likeness (QED) is 0.450. The van der Waals surface area contributed by atoms with Crippen molar-refractivity contribution >= 4 is 11.6 Å². The lowest BCUT2D eigenvalue weighted by Crippen LogP contribution is -2.39. The van der Waals surface area contributed by atoms with E-state index in [4.69, 9.17) is 14.5 Å². The average Bonchev–Trinajstić information content (AvgIpc) is 3.16. The Balaban J connectivity index is 1.70. The normalized spacial score (nSPS) is 12.6. The molecule has 0 saturated heterocycles. The van der Waals surface area contributed by atoms with Crippen molar-refractivity contribution < 1.29 is 9.47 Å². The molecule has 1 atom stereocenters. The first-order valence-electron chi connectivity index (χ1n) is 9.71. The number of fused-ring (bicyclic) bond motifs is 1. The lowest BCUT2D eigenvalue weighted by Gasteiger charge is -2.20. The summed E-state index contributed by atoms with van der Waals surface area (Å²) in [6.07, 6.45) is 2.66. The lowest BCUT2D eigenvalue weighted by atomic mass is 10.1. The molecule has 8 heteroatoms. The molecule has 0 aliphatic heterocycles. The second kappa shape index (κ2) is 9.77. The highest BCUT2D eigenvalue weighted by molar-refractivity contribution is 5.80. The van der Waals surface area contributed by atoms with Crippen LogP contribution in [0.1, 0.15) is 31.3 Å². The Hall–Kier alpha value is -3.29. The van der Waals surface area contributed by atoms with Gasteiger partial charge in [0.25, 0.3) is 0 Å². The van der Waals surface area contributed by atoms with E-state index in [0.29, 0.717) is 13.0 Å². The molecule has 0 saturated carbocycles. The van der Waals surface area contributed by atoms with Crippen molar-refractivity contribution in [3.63, 3.8) is 0 Å². The van der Waals surface area contributed by atoms with Crippen LogP contribution in [0.25, 0.3) is 5.65 Å². The van der Waals surface area contributed by atoms with Crippen molar-refractivity contribution in [3.8, 4) is 11.5 Å². The number of hydrogen-bond acceptors (Lipinski definition) is 5. The minimum absolute atomic E-state index is 0.0215. The molecule has 2 aromatic heterocycles. The van der Waals surface area contributed by atoms with E-state index in [1.165, 1.54) is 0 Å². The van der Waals surface area contributed by atoms with Gasteiger partial charge in [-0.3, -0.25) is 9.39 Å². The topological polar surface area (TPSA) is 85.1 Å². The van der Waals surface area contributed by atoms with Crippen LogP contribution in [0.5, 0.6) is 11.5 Å². The summed E-state index contributed by atoms with van der Waals surface area (Å²) in [7, 11) is 3.32. The van der Waals surface area contributed by atoms with E-state index >= 15 is 0 Å². The fraction of sp³-hybridized carbons (Fsp3) is 0.381. The highest BCUT2D eigenvalue weighted by Crippen LogP contribution is 2.29. The third-order valence-electron chi connectivity index (χ3n) is 4.59. The van der Waals surface area contributed by atoms with Crippen LogP contribution in [0.15, 0.2) is 47.6 Å². The van der Waals surface area contributed by atoms with E-state index in [2.05, 4.69) is 27.8 Å². The van der Waals surface area contributed by atoms with Crippen molar-refractivity contribution in [1.82, 2.24) is 25.2 Å². The van der Waals surface area contributed by atoms with Crippen LogP contribution in [-0.4, -0.2) is 47.9 Å². The Bertz CT molecular complexity index is 969. The van der Waals surface area contributed by atoms with Gasteiger partial charge in [0.1, 0.15) is 17.3 Å². The van der Waals surface area contributed by atoms with Gasteiger partial charge < -0.3 is 20.1 Å². The standard InChI is InChI=1S/C21H28N6O2/c1-5-22-21(23-12-11-20-26-25-19-8-6-7-13-27(19)20)24-15(2)17-14-16(28-3)9-10-18(17)29-4/h6-10,13-15H,5,11-12H2,1-4H3,(H2,22,23,24). The highest BCUT2D eigenvalue weighted by Gasteiger charge is 2.14. The number of hydrogen-bond donors (Lipinski definition) is 2. The molecule has 2 N–H and O–H groups in total. The van der Waals surface area contributed by atoms with E-state index in [0.717, 1.165) is 41.0 Å². The molecule has 0 aliphatic rings. The summed E-state index contributed by atoms with van der Waals surface area (Å²) in [5.74, 6) is 3.22. The molecule has 1 aromatic carbocycles. The molecular formula is C21H28N6O2. The monoisotopic (exact) mass is 396 g/mol. The summed E-state index contributed by atoms with van der Waals surface area (Å²) in [6.45, 7) is 5.46. The van der Waals surface area contributed by atoms with Crippen molar-refractivity contribution in [1.29, 1.82) is 0 Å². The first-order valence-corrected chi connectivity index (χ1v) is 9.71. The lowest BCUT2D eigenvalue weighted by molar-refractivity contribution is 0.394. The molecular weight excluding hydrogens is 368 g/mol. The smallest absolute Gasteiger partial charge is 0.191 e. The maximum Gasteiger partial charge on any atom is 0.191 e. The van der Waals surface area contributed by atoms with Crippen LogP contribution >= 0.6 is 0 Å². The van der Waals surface area contributed by atoms with E-state index in [9.17, 15) is 0 Å². The number of nitrogens with zero attached hydrogens (tertiary/aromatic N) is 4. The van der Waals surface area contributed by atoms with Crippen LogP contribution in [0.3, 0.4) is 0 Å². The molecule has 0 amide bonds. The first kappa shape index (κ1) is 20.4. The van der Waals surface area contributed by atoms with Crippen molar-refractivity contribution in [2.75, 3.05) is 27.3 Å². The van der Waals surface area contributed by atoms with Crippen LogP contribution < -0.4 is 20.1 Å². The SMILES string of the molecule is CCNC(=NCCc1nnc2ccccn12)NC(C)c1cc(OC)ccc1OC.